The van der Waals surface area contributed by atoms with Gasteiger partial charge in [-0.3, -0.25) is 0 Å². The lowest BCUT2D eigenvalue weighted by molar-refractivity contribution is 0.461. The topological polar surface area (TPSA) is 61.0 Å². The maximum absolute atomic E-state index is 5.57. The first kappa shape index (κ1) is 10.4. The van der Waals surface area contributed by atoms with Gasteiger partial charge in [0, 0.05) is 6.07 Å². The molecule has 2 N–H and O–H groups in total. The first-order chi connectivity index (χ1) is 7.78. The van der Waals surface area contributed by atoms with Crippen molar-refractivity contribution >= 4 is 5.82 Å². The second-order valence-corrected chi connectivity index (χ2v) is 3.38. The fourth-order valence-electron chi connectivity index (χ4n) is 1.36. The Morgan fingerprint density at radius 3 is 2.88 bits per heavy atom. The Labute approximate surface area is 94.1 Å². The molecule has 0 aliphatic rings. The number of hydrogen-bond donors (Lipinski definition) is 1. The standard InChI is InChI=1S/C12H13N3O/c1-2-9-4-3-5-10(6-9)16-12-7-11(13)14-8-15-12/h3-8H,2H2,1H3,(H2,13,14,15). The van der Waals surface area contributed by atoms with Gasteiger partial charge in [-0.1, -0.05) is 19.1 Å². The second kappa shape index (κ2) is 4.61. The fourth-order valence-corrected chi connectivity index (χ4v) is 1.36. The van der Waals surface area contributed by atoms with E-state index in [-0.39, 0.29) is 0 Å². The van der Waals surface area contributed by atoms with Crippen LogP contribution in [-0.2, 0) is 6.42 Å². The number of aromatic nitrogens is 2. The highest BCUT2D eigenvalue weighted by molar-refractivity contribution is 5.35. The highest BCUT2D eigenvalue weighted by Crippen LogP contribution is 2.20. The average molecular weight is 215 g/mol. The van der Waals surface area contributed by atoms with Crippen LogP contribution in [0.4, 0.5) is 5.82 Å². The number of nitrogens with two attached hydrogens (primary N) is 1. The normalized spacial score (nSPS) is 10.1. The van der Waals surface area contributed by atoms with E-state index in [1.807, 2.05) is 18.2 Å². The molecule has 16 heavy (non-hydrogen) atoms. The maximum Gasteiger partial charge on any atom is 0.224 e. The van der Waals surface area contributed by atoms with E-state index >= 15 is 0 Å². The van der Waals surface area contributed by atoms with Gasteiger partial charge in [-0.25, -0.2) is 9.97 Å². The van der Waals surface area contributed by atoms with Crippen LogP contribution in [0.3, 0.4) is 0 Å². The summed E-state index contributed by atoms with van der Waals surface area (Å²) >= 11 is 0. The molecule has 0 unspecified atom stereocenters. The van der Waals surface area contributed by atoms with E-state index in [2.05, 4.69) is 23.0 Å². The largest absolute Gasteiger partial charge is 0.439 e. The van der Waals surface area contributed by atoms with Crippen LogP contribution in [0.5, 0.6) is 11.6 Å². The minimum Gasteiger partial charge on any atom is -0.439 e. The third kappa shape index (κ3) is 2.48. The molecule has 0 spiro atoms. The van der Waals surface area contributed by atoms with Gasteiger partial charge in [0.25, 0.3) is 0 Å². The van der Waals surface area contributed by atoms with Crippen molar-refractivity contribution in [3.8, 4) is 11.6 Å². The minimum absolute atomic E-state index is 0.400. The van der Waals surface area contributed by atoms with Crippen molar-refractivity contribution in [1.29, 1.82) is 0 Å². The Bertz CT molecular complexity index is 485. The molecule has 4 nitrogen and oxygen atoms in total. The SMILES string of the molecule is CCc1cccc(Oc2cc(N)ncn2)c1. The molecule has 0 radical (unpaired) electrons. The number of nitrogen functional groups attached to an aromatic ring is 1. The Hall–Kier alpha value is -2.10. The van der Waals surface area contributed by atoms with E-state index < -0.39 is 0 Å². The first-order valence-electron chi connectivity index (χ1n) is 5.12. The summed E-state index contributed by atoms with van der Waals surface area (Å²) in [7, 11) is 0. The monoisotopic (exact) mass is 215 g/mol. The lowest BCUT2D eigenvalue weighted by Gasteiger charge is -2.05. The van der Waals surface area contributed by atoms with E-state index in [9.17, 15) is 0 Å². The molecule has 4 heteroatoms. The van der Waals surface area contributed by atoms with Gasteiger partial charge < -0.3 is 10.5 Å². The molecule has 1 aromatic carbocycles. The number of rotatable bonds is 3. The Morgan fingerprint density at radius 2 is 2.12 bits per heavy atom. The van der Waals surface area contributed by atoms with Crippen molar-refractivity contribution in [3.05, 3.63) is 42.2 Å². The van der Waals surface area contributed by atoms with Gasteiger partial charge in [0.1, 0.15) is 17.9 Å². The van der Waals surface area contributed by atoms with Crippen molar-refractivity contribution in [1.82, 2.24) is 9.97 Å². The summed E-state index contributed by atoms with van der Waals surface area (Å²) in [5.41, 5.74) is 6.76. The summed E-state index contributed by atoms with van der Waals surface area (Å²) in [4.78, 5) is 7.78. The lowest BCUT2D eigenvalue weighted by atomic mass is 10.2. The summed E-state index contributed by atoms with van der Waals surface area (Å²) in [6.07, 6.45) is 2.36. The van der Waals surface area contributed by atoms with Gasteiger partial charge in [-0.15, -0.1) is 0 Å². The molecule has 82 valence electrons. The van der Waals surface area contributed by atoms with Crippen LogP contribution in [0.15, 0.2) is 36.7 Å². The zero-order valence-corrected chi connectivity index (χ0v) is 9.05. The van der Waals surface area contributed by atoms with Gasteiger partial charge in [0.15, 0.2) is 0 Å². The number of benzene rings is 1. The van der Waals surface area contributed by atoms with Gasteiger partial charge in [0.05, 0.1) is 0 Å². The van der Waals surface area contributed by atoms with Gasteiger partial charge in [-0.05, 0) is 24.1 Å². The molecule has 1 heterocycles. The highest BCUT2D eigenvalue weighted by Gasteiger charge is 2.00. The summed E-state index contributed by atoms with van der Waals surface area (Å²) < 4.78 is 5.57. The molecule has 2 aromatic rings. The quantitative estimate of drug-likeness (QED) is 0.854. The average Bonchev–Trinajstić information content (AvgIpc) is 2.29. The van der Waals surface area contributed by atoms with Crippen molar-refractivity contribution in [2.45, 2.75) is 13.3 Å². The number of anilines is 1. The third-order valence-electron chi connectivity index (χ3n) is 2.19. The van der Waals surface area contributed by atoms with E-state index in [0.717, 1.165) is 12.2 Å². The van der Waals surface area contributed by atoms with Crippen molar-refractivity contribution in [2.24, 2.45) is 0 Å². The van der Waals surface area contributed by atoms with Crippen LogP contribution in [0.2, 0.25) is 0 Å². The van der Waals surface area contributed by atoms with Crippen LogP contribution in [0.25, 0.3) is 0 Å². The number of aryl methyl sites for hydroxylation is 1. The molecule has 0 bridgehead atoms. The summed E-state index contributed by atoms with van der Waals surface area (Å²) in [6, 6.07) is 9.48. The molecule has 0 saturated heterocycles. The summed E-state index contributed by atoms with van der Waals surface area (Å²) in [6.45, 7) is 2.10. The Kier molecular flexibility index (Phi) is 3.00. The van der Waals surface area contributed by atoms with Crippen LogP contribution in [0, 0.1) is 0 Å². The van der Waals surface area contributed by atoms with Crippen LogP contribution in [0.1, 0.15) is 12.5 Å². The van der Waals surface area contributed by atoms with E-state index in [0.29, 0.717) is 11.7 Å². The van der Waals surface area contributed by atoms with Crippen LogP contribution < -0.4 is 10.5 Å². The molecular weight excluding hydrogens is 202 g/mol. The van der Waals surface area contributed by atoms with Gasteiger partial charge >= 0.3 is 0 Å². The van der Waals surface area contributed by atoms with Crippen molar-refractivity contribution < 1.29 is 4.74 Å². The third-order valence-corrected chi connectivity index (χ3v) is 2.19. The number of hydrogen-bond acceptors (Lipinski definition) is 4. The van der Waals surface area contributed by atoms with Crippen molar-refractivity contribution in [3.63, 3.8) is 0 Å². The fraction of sp³-hybridized carbons (Fsp3) is 0.167. The number of ether oxygens (including phenoxy) is 1. The smallest absolute Gasteiger partial charge is 0.224 e. The lowest BCUT2D eigenvalue weighted by Crippen LogP contribution is -1.94. The van der Waals surface area contributed by atoms with Crippen LogP contribution >= 0.6 is 0 Å². The van der Waals surface area contributed by atoms with E-state index in [4.69, 9.17) is 10.5 Å². The zero-order chi connectivity index (χ0) is 11.4. The number of nitrogens with zero attached hydrogens (tertiary/aromatic N) is 2. The minimum atomic E-state index is 0.400. The predicted molar refractivity (Wildman–Crippen MR) is 62.3 cm³/mol. The molecule has 0 amide bonds. The van der Waals surface area contributed by atoms with Crippen molar-refractivity contribution in [2.75, 3.05) is 5.73 Å². The molecule has 2 rings (SSSR count). The molecule has 0 saturated carbocycles. The summed E-state index contributed by atoms with van der Waals surface area (Å²) in [5, 5.41) is 0. The Balaban J connectivity index is 2.20. The van der Waals surface area contributed by atoms with E-state index in [1.54, 1.807) is 6.07 Å². The molecular formula is C12H13N3O. The van der Waals surface area contributed by atoms with Gasteiger partial charge in [0.2, 0.25) is 5.88 Å². The molecule has 1 aromatic heterocycles. The molecule has 0 atom stereocenters. The highest BCUT2D eigenvalue weighted by atomic mass is 16.5. The predicted octanol–water partition coefficient (Wildman–Crippen LogP) is 2.41. The van der Waals surface area contributed by atoms with Crippen LogP contribution in [-0.4, -0.2) is 9.97 Å². The van der Waals surface area contributed by atoms with E-state index in [1.165, 1.54) is 11.9 Å². The summed E-state index contributed by atoms with van der Waals surface area (Å²) in [5.74, 6) is 1.62. The second-order valence-electron chi connectivity index (χ2n) is 3.38. The molecule has 0 aliphatic heterocycles. The maximum atomic E-state index is 5.57. The molecule has 0 aliphatic carbocycles. The Morgan fingerprint density at radius 1 is 1.25 bits per heavy atom. The molecule has 0 fully saturated rings. The first-order valence-corrected chi connectivity index (χ1v) is 5.12. The van der Waals surface area contributed by atoms with Gasteiger partial charge in [-0.2, -0.15) is 0 Å². The zero-order valence-electron chi connectivity index (χ0n) is 9.05.